The minimum absolute atomic E-state index is 0.0278. The summed E-state index contributed by atoms with van der Waals surface area (Å²) in [5.41, 5.74) is 1.31. The molecule has 0 saturated carbocycles. The van der Waals surface area contributed by atoms with Crippen LogP contribution in [0.4, 0.5) is 13.2 Å². The summed E-state index contributed by atoms with van der Waals surface area (Å²) >= 11 is 5.97. The molecule has 2 atom stereocenters. The number of benzene rings is 1. The molecule has 10 heteroatoms. The second-order valence-corrected chi connectivity index (χ2v) is 7.93. The van der Waals surface area contributed by atoms with Crippen molar-refractivity contribution in [3.05, 3.63) is 29.1 Å². The first-order valence-electron chi connectivity index (χ1n) is 9.44. The molecule has 2 aromatic rings. The molecule has 2 amide bonds. The van der Waals surface area contributed by atoms with Crippen molar-refractivity contribution in [2.75, 3.05) is 13.1 Å². The third-order valence-electron chi connectivity index (χ3n) is 5.59. The fourth-order valence-electron chi connectivity index (χ4n) is 3.95. The first kappa shape index (κ1) is 20.0. The van der Waals surface area contributed by atoms with E-state index >= 15 is 0 Å². The van der Waals surface area contributed by atoms with Crippen LogP contribution in [-0.4, -0.2) is 47.0 Å². The van der Waals surface area contributed by atoms with Crippen LogP contribution in [0.25, 0.3) is 11.1 Å². The maximum absolute atomic E-state index is 12.8. The highest BCUT2D eigenvalue weighted by molar-refractivity contribution is 6.31. The fourth-order valence-corrected chi connectivity index (χ4v) is 4.12. The lowest BCUT2D eigenvalue weighted by Gasteiger charge is -2.35. The van der Waals surface area contributed by atoms with Crippen LogP contribution in [0, 0.1) is 5.92 Å². The lowest BCUT2D eigenvalue weighted by atomic mass is 9.90. The quantitative estimate of drug-likeness (QED) is 0.739. The molecular formula is C19H19ClF3N3O3. The molecule has 2 aliphatic rings. The summed E-state index contributed by atoms with van der Waals surface area (Å²) < 4.78 is 44.1. The van der Waals surface area contributed by atoms with Gasteiger partial charge in [-0.15, -0.1) is 0 Å². The Hall–Kier alpha value is -2.29. The number of carbonyl (C=O) groups is 2. The molecule has 3 heterocycles. The zero-order valence-corrected chi connectivity index (χ0v) is 16.1. The number of fused-ring (bicyclic) bond motifs is 1. The number of oxazole rings is 1. The van der Waals surface area contributed by atoms with E-state index in [4.69, 9.17) is 16.0 Å². The van der Waals surface area contributed by atoms with Gasteiger partial charge in [0.2, 0.25) is 11.8 Å². The van der Waals surface area contributed by atoms with Crippen molar-refractivity contribution in [3.63, 3.8) is 0 Å². The Morgan fingerprint density at radius 3 is 2.59 bits per heavy atom. The van der Waals surface area contributed by atoms with E-state index < -0.39 is 30.0 Å². The van der Waals surface area contributed by atoms with E-state index in [2.05, 4.69) is 4.98 Å². The van der Waals surface area contributed by atoms with Gasteiger partial charge in [0, 0.05) is 24.0 Å². The van der Waals surface area contributed by atoms with Crippen molar-refractivity contribution in [2.24, 2.45) is 5.92 Å². The summed E-state index contributed by atoms with van der Waals surface area (Å²) in [7, 11) is 0. The van der Waals surface area contributed by atoms with Crippen molar-refractivity contribution >= 4 is 34.5 Å². The number of hydrogen-bond donors (Lipinski definition) is 1. The topological polar surface area (TPSA) is 75.4 Å². The van der Waals surface area contributed by atoms with Gasteiger partial charge in [-0.1, -0.05) is 11.6 Å². The Bertz CT molecular complexity index is 938. The van der Waals surface area contributed by atoms with Crippen LogP contribution in [0.3, 0.4) is 0 Å². The number of alkyl halides is 3. The predicted molar refractivity (Wildman–Crippen MR) is 98.3 cm³/mol. The van der Waals surface area contributed by atoms with Gasteiger partial charge in [-0.05, 0) is 43.9 Å². The van der Waals surface area contributed by atoms with Crippen molar-refractivity contribution in [1.82, 2.24) is 15.2 Å². The molecule has 2 fully saturated rings. The average molecular weight is 430 g/mol. The average Bonchev–Trinajstić information content (AvgIpc) is 3.10. The van der Waals surface area contributed by atoms with Crippen molar-refractivity contribution in [2.45, 2.75) is 43.8 Å². The first-order chi connectivity index (χ1) is 13.7. The summed E-state index contributed by atoms with van der Waals surface area (Å²) in [4.78, 5) is 30.8. The van der Waals surface area contributed by atoms with Crippen LogP contribution < -0.4 is 5.32 Å². The van der Waals surface area contributed by atoms with Crippen molar-refractivity contribution < 1.29 is 27.2 Å². The summed E-state index contributed by atoms with van der Waals surface area (Å²) in [6.07, 6.45) is -3.67. The van der Waals surface area contributed by atoms with Crippen LogP contribution >= 0.6 is 11.6 Å². The molecule has 6 nitrogen and oxygen atoms in total. The number of likely N-dealkylation sites (tertiary alicyclic amines) is 1. The van der Waals surface area contributed by atoms with Gasteiger partial charge in [-0.25, -0.2) is 4.98 Å². The summed E-state index contributed by atoms with van der Waals surface area (Å²) in [5, 5.41) is 2.50. The van der Waals surface area contributed by atoms with Crippen LogP contribution in [0.1, 0.15) is 37.5 Å². The number of aromatic nitrogens is 1. The Labute approximate surface area is 169 Å². The number of rotatable bonds is 2. The third-order valence-corrected chi connectivity index (χ3v) is 5.83. The van der Waals surface area contributed by atoms with Crippen molar-refractivity contribution in [1.29, 1.82) is 0 Å². The maximum Gasteiger partial charge on any atom is 0.408 e. The van der Waals surface area contributed by atoms with Gasteiger partial charge >= 0.3 is 6.18 Å². The number of piperidine rings is 2. The molecule has 2 saturated heterocycles. The molecule has 0 bridgehead atoms. The fraction of sp³-hybridized carbons (Fsp3) is 0.526. The molecule has 4 rings (SSSR count). The SMILES string of the molecule is O=C1NC(C(F)(F)F)CCC1C(=O)N1CCC(c2nc3cc(Cl)ccc3o2)CC1. The predicted octanol–water partition coefficient (Wildman–Crippen LogP) is 3.64. The van der Waals surface area contributed by atoms with E-state index in [9.17, 15) is 22.8 Å². The van der Waals surface area contributed by atoms with E-state index in [0.29, 0.717) is 47.9 Å². The molecule has 156 valence electrons. The smallest absolute Gasteiger partial charge is 0.408 e. The highest BCUT2D eigenvalue weighted by atomic mass is 35.5. The van der Waals surface area contributed by atoms with E-state index in [-0.39, 0.29) is 18.8 Å². The normalized spacial score (nSPS) is 24.0. The van der Waals surface area contributed by atoms with Gasteiger partial charge < -0.3 is 14.6 Å². The molecule has 1 aromatic heterocycles. The zero-order valence-electron chi connectivity index (χ0n) is 15.3. The number of halogens is 4. The Morgan fingerprint density at radius 2 is 1.93 bits per heavy atom. The lowest BCUT2D eigenvalue weighted by molar-refractivity contribution is -0.172. The molecule has 1 N–H and O–H groups in total. The number of hydrogen-bond acceptors (Lipinski definition) is 4. The van der Waals surface area contributed by atoms with Gasteiger partial charge in [0.15, 0.2) is 11.5 Å². The van der Waals surface area contributed by atoms with Gasteiger partial charge in [-0.3, -0.25) is 9.59 Å². The van der Waals surface area contributed by atoms with E-state index in [1.54, 1.807) is 23.1 Å². The van der Waals surface area contributed by atoms with Crippen LogP contribution in [0.15, 0.2) is 22.6 Å². The van der Waals surface area contributed by atoms with Gasteiger partial charge in [-0.2, -0.15) is 13.2 Å². The second-order valence-electron chi connectivity index (χ2n) is 7.50. The minimum Gasteiger partial charge on any atom is -0.440 e. The van der Waals surface area contributed by atoms with Gasteiger partial charge in [0.1, 0.15) is 17.5 Å². The Kier molecular flexibility index (Phi) is 5.18. The largest absolute Gasteiger partial charge is 0.440 e. The highest BCUT2D eigenvalue weighted by Crippen LogP contribution is 2.33. The van der Waals surface area contributed by atoms with Crippen LogP contribution in [0.5, 0.6) is 0 Å². The van der Waals surface area contributed by atoms with Gasteiger partial charge in [0.25, 0.3) is 0 Å². The van der Waals surface area contributed by atoms with Crippen LogP contribution in [0.2, 0.25) is 5.02 Å². The molecule has 2 aliphatic heterocycles. The summed E-state index contributed by atoms with van der Waals surface area (Å²) in [6, 6.07) is 3.32. The second kappa shape index (κ2) is 7.51. The van der Waals surface area contributed by atoms with E-state index in [0.717, 1.165) is 0 Å². The molecule has 0 spiro atoms. The van der Waals surface area contributed by atoms with E-state index in [1.165, 1.54) is 0 Å². The Morgan fingerprint density at radius 1 is 1.21 bits per heavy atom. The zero-order chi connectivity index (χ0) is 20.8. The van der Waals surface area contributed by atoms with Crippen molar-refractivity contribution in [3.8, 4) is 0 Å². The molecule has 29 heavy (non-hydrogen) atoms. The number of nitrogens with zero attached hydrogens (tertiary/aromatic N) is 2. The molecule has 1 aromatic carbocycles. The monoisotopic (exact) mass is 429 g/mol. The number of amides is 2. The molecule has 2 unspecified atom stereocenters. The third kappa shape index (κ3) is 4.05. The molecule has 0 aliphatic carbocycles. The Balaban J connectivity index is 1.36. The number of carbonyl (C=O) groups excluding carboxylic acids is 2. The van der Waals surface area contributed by atoms with Crippen LogP contribution in [-0.2, 0) is 9.59 Å². The standard InChI is InChI=1S/C19H19ClF3N3O3/c20-11-1-3-14-13(9-11)24-17(29-14)10-5-7-26(8-6-10)18(28)12-2-4-15(19(21,22)23)25-16(12)27/h1,3,9-10,12,15H,2,4-8H2,(H,25,27). The van der Waals surface area contributed by atoms with Gasteiger partial charge in [0.05, 0.1) is 0 Å². The molecular weight excluding hydrogens is 411 g/mol. The minimum atomic E-state index is -4.49. The lowest BCUT2D eigenvalue weighted by Crippen LogP contribution is -2.55. The number of nitrogens with one attached hydrogen (secondary N) is 1. The van der Waals surface area contributed by atoms with E-state index in [1.807, 2.05) is 5.32 Å². The summed E-state index contributed by atoms with van der Waals surface area (Å²) in [5.74, 6) is -1.71. The first-order valence-corrected chi connectivity index (χ1v) is 9.82. The highest BCUT2D eigenvalue weighted by Gasteiger charge is 2.46. The molecule has 0 radical (unpaired) electrons. The maximum atomic E-state index is 12.8. The summed E-state index contributed by atoms with van der Waals surface area (Å²) in [6.45, 7) is 0.797.